The van der Waals surface area contributed by atoms with E-state index in [1.54, 1.807) is 0 Å². The minimum atomic E-state index is 0.431. The van der Waals surface area contributed by atoms with Crippen LogP contribution in [0.5, 0.6) is 0 Å². The molecule has 4 nitrogen and oxygen atoms in total. The lowest BCUT2D eigenvalue weighted by atomic mass is 9.99. The molecule has 0 amide bonds. The fourth-order valence-electron chi connectivity index (χ4n) is 3.71. The van der Waals surface area contributed by atoms with Crippen LogP contribution in [0.4, 0.5) is 0 Å². The Morgan fingerprint density at radius 2 is 1.21 bits per heavy atom. The highest BCUT2D eigenvalue weighted by molar-refractivity contribution is 4.70. The second kappa shape index (κ2) is 16.6. The Hall–Kier alpha value is -0.160. The summed E-state index contributed by atoms with van der Waals surface area (Å²) in [5.74, 6) is 0. The molecule has 3 aliphatic rings. The SMILES string of the molecule is C1CCCCC(OCC2CO2)CCCC1.CCCCCCCCOCC1CO1. The second-order valence-corrected chi connectivity index (χ2v) is 8.76. The van der Waals surface area contributed by atoms with Gasteiger partial charge >= 0.3 is 0 Å². The lowest BCUT2D eigenvalue weighted by molar-refractivity contribution is 0.0282. The molecule has 0 bridgehead atoms. The first-order valence-electron chi connectivity index (χ1n) is 12.3. The summed E-state index contributed by atoms with van der Waals surface area (Å²) in [5, 5.41) is 0. The molecule has 3 fully saturated rings. The number of hydrogen-bond donors (Lipinski definition) is 0. The van der Waals surface area contributed by atoms with Gasteiger partial charge in [-0.3, -0.25) is 0 Å². The van der Waals surface area contributed by atoms with E-state index in [0.717, 1.165) is 33.0 Å². The van der Waals surface area contributed by atoms with E-state index in [-0.39, 0.29) is 0 Å². The van der Waals surface area contributed by atoms with Crippen molar-refractivity contribution in [3.8, 4) is 0 Å². The van der Waals surface area contributed by atoms with E-state index in [9.17, 15) is 0 Å². The highest BCUT2D eigenvalue weighted by atomic mass is 16.6. The van der Waals surface area contributed by atoms with Crippen molar-refractivity contribution in [2.45, 2.75) is 122 Å². The van der Waals surface area contributed by atoms with Crippen molar-refractivity contribution in [2.24, 2.45) is 0 Å². The molecule has 2 saturated heterocycles. The smallest absolute Gasteiger partial charge is 0.104 e. The minimum absolute atomic E-state index is 0.431. The zero-order valence-corrected chi connectivity index (χ0v) is 18.5. The predicted octanol–water partition coefficient (Wildman–Crippen LogP) is 6.06. The normalized spacial score (nSPS) is 25.6. The first-order chi connectivity index (χ1) is 13.9. The van der Waals surface area contributed by atoms with Crippen LogP contribution in [0.3, 0.4) is 0 Å². The molecule has 2 heterocycles. The number of rotatable bonds is 12. The summed E-state index contributed by atoms with van der Waals surface area (Å²) in [6, 6.07) is 0. The molecular weight excluding hydrogens is 352 g/mol. The van der Waals surface area contributed by atoms with Gasteiger partial charge in [-0.25, -0.2) is 0 Å². The van der Waals surface area contributed by atoms with E-state index >= 15 is 0 Å². The third-order valence-corrected chi connectivity index (χ3v) is 5.82. The zero-order valence-electron chi connectivity index (χ0n) is 18.5. The van der Waals surface area contributed by atoms with Gasteiger partial charge in [-0.15, -0.1) is 0 Å². The van der Waals surface area contributed by atoms with Gasteiger partial charge in [0.05, 0.1) is 32.5 Å². The molecule has 0 radical (unpaired) electrons. The minimum Gasteiger partial charge on any atom is -0.379 e. The quantitative estimate of drug-likeness (QED) is 0.296. The van der Waals surface area contributed by atoms with Crippen LogP contribution in [0.25, 0.3) is 0 Å². The van der Waals surface area contributed by atoms with Crippen LogP contribution in [0.2, 0.25) is 0 Å². The first-order valence-corrected chi connectivity index (χ1v) is 12.3. The molecule has 166 valence electrons. The van der Waals surface area contributed by atoms with E-state index < -0.39 is 0 Å². The van der Waals surface area contributed by atoms with Gasteiger partial charge in [0, 0.05) is 6.61 Å². The van der Waals surface area contributed by atoms with Crippen LogP contribution in [0.15, 0.2) is 0 Å². The molecule has 1 aliphatic carbocycles. The van der Waals surface area contributed by atoms with Crippen LogP contribution in [0.1, 0.15) is 103 Å². The molecule has 0 spiro atoms. The molecule has 4 heteroatoms. The Bertz CT molecular complexity index is 331. The van der Waals surface area contributed by atoms with E-state index in [4.69, 9.17) is 18.9 Å². The molecule has 2 aliphatic heterocycles. The summed E-state index contributed by atoms with van der Waals surface area (Å²) in [4.78, 5) is 0. The third-order valence-electron chi connectivity index (χ3n) is 5.82. The Morgan fingerprint density at radius 1 is 0.679 bits per heavy atom. The van der Waals surface area contributed by atoms with Gasteiger partial charge in [0.1, 0.15) is 12.2 Å². The average Bonchev–Trinajstić information content (AvgIpc) is 3.62. The molecule has 2 unspecified atom stereocenters. The van der Waals surface area contributed by atoms with Gasteiger partial charge in [-0.2, -0.15) is 0 Å². The van der Waals surface area contributed by atoms with E-state index in [1.807, 2.05) is 0 Å². The molecule has 0 aromatic carbocycles. The molecule has 0 N–H and O–H groups in total. The van der Waals surface area contributed by atoms with Crippen molar-refractivity contribution >= 4 is 0 Å². The van der Waals surface area contributed by atoms with Crippen molar-refractivity contribution in [2.75, 3.05) is 33.0 Å². The van der Waals surface area contributed by atoms with Crippen LogP contribution in [0, 0.1) is 0 Å². The summed E-state index contributed by atoms with van der Waals surface area (Å²) in [6.07, 6.45) is 21.8. The Morgan fingerprint density at radius 3 is 1.82 bits per heavy atom. The number of hydrogen-bond acceptors (Lipinski definition) is 4. The van der Waals surface area contributed by atoms with Crippen LogP contribution >= 0.6 is 0 Å². The number of unbranched alkanes of at least 4 members (excludes halogenated alkanes) is 5. The standard InChI is InChI=1S/C13H24O2.C11H22O2/c1-2-4-6-8-12(9-7-5-3-1)14-10-13-11-15-13;1-2-3-4-5-6-7-8-12-9-11-10-13-11/h12-13H,1-11H2;11H,2-10H2,1H3. The first kappa shape index (κ1) is 24.1. The maximum atomic E-state index is 5.91. The topological polar surface area (TPSA) is 43.5 Å². The highest BCUT2D eigenvalue weighted by Gasteiger charge is 2.24. The Labute approximate surface area is 174 Å². The number of ether oxygens (including phenoxy) is 4. The van der Waals surface area contributed by atoms with Crippen LogP contribution < -0.4 is 0 Å². The van der Waals surface area contributed by atoms with Gasteiger partial charge in [-0.05, 0) is 19.3 Å². The summed E-state index contributed by atoms with van der Waals surface area (Å²) in [5.41, 5.74) is 0. The maximum absolute atomic E-state index is 5.91. The summed E-state index contributed by atoms with van der Waals surface area (Å²) >= 11 is 0. The van der Waals surface area contributed by atoms with Gasteiger partial charge < -0.3 is 18.9 Å². The van der Waals surface area contributed by atoms with E-state index in [1.165, 1.54) is 96.3 Å². The van der Waals surface area contributed by atoms with Crippen molar-refractivity contribution in [3.63, 3.8) is 0 Å². The monoisotopic (exact) mass is 398 g/mol. The van der Waals surface area contributed by atoms with Crippen molar-refractivity contribution < 1.29 is 18.9 Å². The largest absolute Gasteiger partial charge is 0.379 e. The van der Waals surface area contributed by atoms with E-state index in [2.05, 4.69) is 6.92 Å². The number of epoxide rings is 2. The molecule has 0 aromatic heterocycles. The van der Waals surface area contributed by atoms with Crippen LogP contribution in [-0.4, -0.2) is 51.3 Å². The predicted molar refractivity (Wildman–Crippen MR) is 115 cm³/mol. The Kier molecular flexibility index (Phi) is 14.3. The second-order valence-electron chi connectivity index (χ2n) is 8.76. The Balaban J connectivity index is 0.000000203. The molecule has 3 rings (SSSR count). The highest BCUT2D eigenvalue weighted by Crippen LogP contribution is 2.20. The molecule has 28 heavy (non-hydrogen) atoms. The maximum Gasteiger partial charge on any atom is 0.104 e. The van der Waals surface area contributed by atoms with Gasteiger partial charge in [0.25, 0.3) is 0 Å². The zero-order chi connectivity index (χ0) is 19.7. The summed E-state index contributed by atoms with van der Waals surface area (Å²) in [7, 11) is 0. The summed E-state index contributed by atoms with van der Waals surface area (Å²) < 4.78 is 21.6. The van der Waals surface area contributed by atoms with Crippen molar-refractivity contribution in [1.29, 1.82) is 0 Å². The van der Waals surface area contributed by atoms with E-state index in [0.29, 0.717) is 18.3 Å². The van der Waals surface area contributed by atoms with Gasteiger partial charge in [0.2, 0.25) is 0 Å². The fourth-order valence-corrected chi connectivity index (χ4v) is 3.71. The summed E-state index contributed by atoms with van der Waals surface area (Å²) in [6.45, 7) is 6.66. The molecule has 0 aromatic rings. The molecule has 1 saturated carbocycles. The fraction of sp³-hybridized carbons (Fsp3) is 1.00. The van der Waals surface area contributed by atoms with Crippen LogP contribution in [-0.2, 0) is 18.9 Å². The lowest BCUT2D eigenvalue weighted by Gasteiger charge is -2.18. The van der Waals surface area contributed by atoms with Gasteiger partial charge in [-0.1, -0.05) is 84.0 Å². The average molecular weight is 399 g/mol. The lowest BCUT2D eigenvalue weighted by Crippen LogP contribution is -2.16. The third kappa shape index (κ3) is 14.8. The molecule has 2 atom stereocenters. The molecular formula is C24H46O4. The van der Waals surface area contributed by atoms with Crippen molar-refractivity contribution in [3.05, 3.63) is 0 Å². The van der Waals surface area contributed by atoms with Crippen molar-refractivity contribution in [1.82, 2.24) is 0 Å². The van der Waals surface area contributed by atoms with Gasteiger partial charge in [0.15, 0.2) is 0 Å².